The number of carbonyl (C=O) groups excluding carboxylic acids is 3. The number of ether oxygens (including phenoxy) is 1. The Morgan fingerprint density at radius 2 is 1.90 bits per heavy atom. The molecule has 8 nitrogen and oxygen atoms in total. The summed E-state index contributed by atoms with van der Waals surface area (Å²) in [6.45, 7) is 2.26. The van der Waals surface area contributed by atoms with E-state index in [-0.39, 0.29) is 21.4 Å². The van der Waals surface area contributed by atoms with Crippen LogP contribution in [-0.4, -0.2) is 50.5 Å². The number of methoxy groups -OCH3 is 1. The Hall–Kier alpha value is -2.72. The number of nitrogens with zero attached hydrogens (tertiary/aromatic N) is 1. The number of rotatable bonds is 5. The maximum absolute atomic E-state index is 12.4. The van der Waals surface area contributed by atoms with Crippen LogP contribution in [-0.2, 0) is 37.1 Å². The summed E-state index contributed by atoms with van der Waals surface area (Å²) in [5.41, 5.74) is 0.946. The molecule has 0 bridgehead atoms. The zero-order valence-corrected chi connectivity index (χ0v) is 17.6. The smallest absolute Gasteiger partial charge is 0.341 e. The van der Waals surface area contributed by atoms with Gasteiger partial charge in [-0.15, -0.1) is 11.3 Å². The lowest BCUT2D eigenvalue weighted by Gasteiger charge is -2.25. The highest BCUT2D eigenvalue weighted by Crippen LogP contribution is 2.37. The fraction of sp³-hybridized carbons (Fsp3) is 0.316. The first-order chi connectivity index (χ1) is 13.7. The molecule has 0 unspecified atom stereocenters. The summed E-state index contributed by atoms with van der Waals surface area (Å²) >= 11 is 1.16. The van der Waals surface area contributed by atoms with Crippen LogP contribution in [0.15, 0.2) is 35.2 Å². The zero-order valence-electron chi connectivity index (χ0n) is 15.9. The number of thiophene rings is 1. The Kier molecular flexibility index (Phi) is 6.04. The number of sulfone groups is 1. The lowest BCUT2D eigenvalue weighted by Crippen LogP contribution is -2.33. The number of benzene rings is 1. The van der Waals surface area contributed by atoms with Crippen molar-refractivity contribution >= 4 is 44.0 Å². The molecule has 29 heavy (non-hydrogen) atoms. The highest BCUT2D eigenvalue weighted by molar-refractivity contribution is 7.92. The minimum Gasteiger partial charge on any atom is -0.465 e. The Balaban J connectivity index is 1.86. The van der Waals surface area contributed by atoms with Crippen molar-refractivity contribution in [1.29, 1.82) is 0 Å². The van der Waals surface area contributed by atoms with Crippen molar-refractivity contribution in [3.8, 4) is 0 Å². The SMILES string of the molecule is COC(=O)c1c(NC(=O)CS(=O)(=O)c2ccccc2)sc2c1CCN(C(C)=O)C2. The van der Waals surface area contributed by atoms with Crippen LogP contribution in [0.2, 0.25) is 0 Å². The van der Waals surface area contributed by atoms with Gasteiger partial charge in [0.05, 0.1) is 24.1 Å². The first-order valence-electron chi connectivity index (χ1n) is 8.79. The molecule has 2 amide bonds. The van der Waals surface area contributed by atoms with Crippen molar-refractivity contribution in [2.45, 2.75) is 24.8 Å². The van der Waals surface area contributed by atoms with Crippen molar-refractivity contribution in [3.05, 3.63) is 46.3 Å². The Bertz CT molecular complexity index is 1060. The number of esters is 1. The van der Waals surface area contributed by atoms with Gasteiger partial charge >= 0.3 is 5.97 Å². The average molecular weight is 437 g/mol. The highest BCUT2D eigenvalue weighted by Gasteiger charge is 2.30. The van der Waals surface area contributed by atoms with Gasteiger partial charge in [-0.3, -0.25) is 9.59 Å². The second-order valence-electron chi connectivity index (χ2n) is 6.51. The van der Waals surface area contributed by atoms with E-state index >= 15 is 0 Å². The maximum atomic E-state index is 12.4. The molecule has 1 aliphatic heterocycles. The number of amides is 2. The molecule has 0 saturated heterocycles. The van der Waals surface area contributed by atoms with E-state index < -0.39 is 27.5 Å². The Labute approximate surface area is 172 Å². The Morgan fingerprint density at radius 1 is 1.21 bits per heavy atom. The molecular weight excluding hydrogens is 416 g/mol. The summed E-state index contributed by atoms with van der Waals surface area (Å²) in [7, 11) is -2.58. The van der Waals surface area contributed by atoms with Crippen LogP contribution in [0, 0.1) is 0 Å². The molecule has 0 atom stereocenters. The quantitative estimate of drug-likeness (QED) is 0.717. The molecule has 154 valence electrons. The van der Waals surface area contributed by atoms with Crippen LogP contribution < -0.4 is 5.32 Å². The van der Waals surface area contributed by atoms with E-state index in [4.69, 9.17) is 4.74 Å². The van der Waals surface area contributed by atoms with Gasteiger partial charge in [0.25, 0.3) is 0 Å². The third kappa shape index (κ3) is 4.48. The van der Waals surface area contributed by atoms with Gasteiger partial charge in [0.2, 0.25) is 11.8 Å². The number of nitrogens with one attached hydrogen (secondary N) is 1. The van der Waals surface area contributed by atoms with Crippen LogP contribution in [0.25, 0.3) is 0 Å². The molecule has 0 aliphatic carbocycles. The first kappa shape index (κ1) is 21.0. The van der Waals surface area contributed by atoms with E-state index in [9.17, 15) is 22.8 Å². The summed E-state index contributed by atoms with van der Waals surface area (Å²) in [4.78, 5) is 38.9. The molecule has 0 spiro atoms. The molecule has 1 aliphatic rings. The van der Waals surface area contributed by atoms with Crippen molar-refractivity contribution in [2.24, 2.45) is 0 Å². The average Bonchev–Trinajstić information content (AvgIpc) is 3.04. The maximum Gasteiger partial charge on any atom is 0.341 e. The molecule has 3 rings (SSSR count). The van der Waals surface area contributed by atoms with Crippen LogP contribution in [0.1, 0.15) is 27.7 Å². The summed E-state index contributed by atoms with van der Waals surface area (Å²) in [5.74, 6) is -2.19. The number of hydrogen-bond donors (Lipinski definition) is 1. The van der Waals surface area contributed by atoms with E-state index in [2.05, 4.69) is 5.32 Å². The summed E-state index contributed by atoms with van der Waals surface area (Å²) in [6, 6.07) is 7.68. The lowest BCUT2D eigenvalue weighted by atomic mass is 10.0. The van der Waals surface area contributed by atoms with E-state index in [1.54, 1.807) is 23.1 Å². The van der Waals surface area contributed by atoms with E-state index in [1.807, 2.05) is 0 Å². The summed E-state index contributed by atoms with van der Waals surface area (Å²) in [6.07, 6.45) is 0.452. The fourth-order valence-corrected chi connectivity index (χ4v) is 5.55. The normalized spacial score (nSPS) is 13.5. The molecule has 10 heteroatoms. The number of hydrogen-bond acceptors (Lipinski definition) is 7. The van der Waals surface area contributed by atoms with Crippen molar-refractivity contribution < 1.29 is 27.5 Å². The first-order valence-corrected chi connectivity index (χ1v) is 11.3. The van der Waals surface area contributed by atoms with Crippen LogP contribution >= 0.6 is 11.3 Å². The van der Waals surface area contributed by atoms with E-state index in [1.165, 1.54) is 26.2 Å². The number of carbonyl (C=O) groups is 3. The van der Waals surface area contributed by atoms with Crippen LogP contribution in [0.3, 0.4) is 0 Å². The second-order valence-corrected chi connectivity index (χ2v) is 9.61. The van der Waals surface area contributed by atoms with Crippen molar-refractivity contribution in [3.63, 3.8) is 0 Å². The molecule has 1 aromatic carbocycles. The summed E-state index contributed by atoms with van der Waals surface area (Å²) in [5, 5.41) is 2.79. The molecule has 2 aromatic rings. The molecule has 1 aromatic heterocycles. The predicted molar refractivity (Wildman–Crippen MR) is 108 cm³/mol. The van der Waals surface area contributed by atoms with Crippen molar-refractivity contribution in [2.75, 3.05) is 24.7 Å². The van der Waals surface area contributed by atoms with Gasteiger partial charge in [-0.1, -0.05) is 18.2 Å². The summed E-state index contributed by atoms with van der Waals surface area (Å²) < 4.78 is 29.7. The highest BCUT2D eigenvalue weighted by atomic mass is 32.2. The standard InChI is InChI=1S/C19H20N2O6S2/c1-12(22)21-9-8-14-15(10-21)28-18(17(14)19(24)27-2)20-16(23)11-29(25,26)13-6-4-3-5-7-13/h3-7H,8-11H2,1-2H3,(H,20,23). The molecule has 0 saturated carbocycles. The monoisotopic (exact) mass is 436 g/mol. The van der Waals surface area contributed by atoms with E-state index in [0.717, 1.165) is 21.8 Å². The molecule has 2 heterocycles. The molecular formula is C19H20N2O6S2. The molecule has 0 fully saturated rings. The number of anilines is 1. The zero-order chi connectivity index (χ0) is 21.2. The Morgan fingerprint density at radius 3 is 2.52 bits per heavy atom. The third-order valence-electron chi connectivity index (χ3n) is 4.57. The minimum absolute atomic E-state index is 0.0471. The van der Waals surface area contributed by atoms with Crippen molar-refractivity contribution in [1.82, 2.24) is 4.90 Å². The van der Waals surface area contributed by atoms with Gasteiger partial charge in [0.15, 0.2) is 9.84 Å². The topological polar surface area (TPSA) is 110 Å². The van der Waals surface area contributed by atoms with Gasteiger partial charge in [-0.25, -0.2) is 13.2 Å². The van der Waals surface area contributed by atoms with Gasteiger partial charge in [-0.2, -0.15) is 0 Å². The number of fused-ring (bicyclic) bond motifs is 1. The van der Waals surface area contributed by atoms with Crippen LogP contribution in [0.5, 0.6) is 0 Å². The fourth-order valence-electron chi connectivity index (χ4n) is 3.12. The third-order valence-corrected chi connectivity index (χ3v) is 7.33. The van der Waals surface area contributed by atoms with Gasteiger partial charge in [-0.05, 0) is 24.1 Å². The second kappa shape index (κ2) is 8.34. The molecule has 1 N–H and O–H groups in total. The van der Waals surface area contributed by atoms with Gasteiger partial charge in [0.1, 0.15) is 10.8 Å². The van der Waals surface area contributed by atoms with Gasteiger partial charge < -0.3 is 15.0 Å². The predicted octanol–water partition coefficient (Wildman–Crippen LogP) is 1.85. The minimum atomic E-state index is -3.82. The largest absolute Gasteiger partial charge is 0.465 e. The lowest BCUT2D eigenvalue weighted by molar-refractivity contribution is -0.129. The van der Waals surface area contributed by atoms with E-state index in [0.29, 0.717) is 19.5 Å². The van der Waals surface area contributed by atoms with Gasteiger partial charge in [0, 0.05) is 18.3 Å². The van der Waals surface area contributed by atoms with Crippen LogP contribution in [0.4, 0.5) is 5.00 Å². The molecule has 0 radical (unpaired) electrons.